The summed E-state index contributed by atoms with van der Waals surface area (Å²) in [4.78, 5) is 12.6. The predicted octanol–water partition coefficient (Wildman–Crippen LogP) is 3.67. The molecule has 29 heavy (non-hydrogen) atoms. The molecule has 2 unspecified atom stereocenters. The average molecular weight is 408 g/mol. The van der Waals surface area contributed by atoms with E-state index in [0.717, 1.165) is 5.56 Å². The Labute approximate surface area is 174 Å². The summed E-state index contributed by atoms with van der Waals surface area (Å²) in [6, 6.07) is 24.5. The molecule has 0 saturated heterocycles. The summed E-state index contributed by atoms with van der Waals surface area (Å²) in [5.74, 6) is -0.185. The summed E-state index contributed by atoms with van der Waals surface area (Å²) in [5, 5.41) is 25.1. The Balaban J connectivity index is 1.77. The molecule has 0 spiro atoms. The number of hydrogen-bond donors (Lipinski definition) is 4. The molecule has 0 radical (unpaired) electrons. The molecule has 1 amide bonds. The minimum Gasteiger partial charge on any atom is -0.371 e. The van der Waals surface area contributed by atoms with Crippen molar-refractivity contribution in [1.82, 2.24) is 10.6 Å². The number of carbonyl (C=O) groups excluding carboxylic acids is 1. The normalized spacial score (nSPS) is 12.6. The third-order valence-corrected chi connectivity index (χ3v) is 4.64. The van der Waals surface area contributed by atoms with Crippen LogP contribution in [0.25, 0.3) is 0 Å². The Morgan fingerprint density at radius 1 is 0.931 bits per heavy atom. The zero-order valence-electron chi connectivity index (χ0n) is 15.7. The van der Waals surface area contributed by atoms with Gasteiger partial charge in [-0.15, -0.1) is 0 Å². The van der Waals surface area contributed by atoms with Gasteiger partial charge in [-0.05, 0) is 23.3 Å². The number of benzene rings is 3. The highest BCUT2D eigenvalue weighted by Crippen LogP contribution is 2.21. The quantitative estimate of drug-likeness (QED) is 0.274. The fourth-order valence-corrected chi connectivity index (χ4v) is 3.17. The van der Waals surface area contributed by atoms with Gasteiger partial charge >= 0.3 is 0 Å². The van der Waals surface area contributed by atoms with E-state index in [0.29, 0.717) is 16.1 Å². The first-order valence-electron chi connectivity index (χ1n) is 9.20. The van der Waals surface area contributed by atoms with Gasteiger partial charge < -0.3 is 15.7 Å². The smallest absolute Gasteiger partial charge is 0.225 e. The van der Waals surface area contributed by atoms with Gasteiger partial charge in [0.25, 0.3) is 0 Å². The first-order valence-corrected chi connectivity index (χ1v) is 9.58. The summed E-state index contributed by atoms with van der Waals surface area (Å²) in [5.41, 5.74) is 2.14. The SMILES string of the molecule is N=C(NC(O)C(NC(=O)Cc1ccccc1)c1cccc(Cl)c1)c1ccccc1. The third kappa shape index (κ3) is 5.91. The lowest BCUT2D eigenvalue weighted by molar-refractivity contribution is -0.122. The molecule has 0 bridgehead atoms. The molecule has 2 atom stereocenters. The van der Waals surface area contributed by atoms with Gasteiger partial charge in [-0.25, -0.2) is 0 Å². The van der Waals surface area contributed by atoms with E-state index >= 15 is 0 Å². The molecule has 0 aliphatic carbocycles. The molecule has 148 valence electrons. The van der Waals surface area contributed by atoms with Gasteiger partial charge in [0.05, 0.1) is 12.5 Å². The van der Waals surface area contributed by atoms with Crippen LogP contribution in [0, 0.1) is 5.41 Å². The molecule has 0 heterocycles. The highest BCUT2D eigenvalue weighted by molar-refractivity contribution is 6.30. The number of aliphatic hydroxyl groups is 1. The number of aliphatic hydroxyl groups excluding tert-OH is 1. The number of rotatable bonds is 7. The first-order chi connectivity index (χ1) is 14.0. The monoisotopic (exact) mass is 407 g/mol. The third-order valence-electron chi connectivity index (χ3n) is 4.40. The maximum atomic E-state index is 12.6. The van der Waals surface area contributed by atoms with Crippen molar-refractivity contribution in [3.8, 4) is 0 Å². The molecule has 4 N–H and O–H groups in total. The van der Waals surface area contributed by atoms with Crippen molar-refractivity contribution >= 4 is 23.3 Å². The zero-order valence-corrected chi connectivity index (χ0v) is 16.4. The number of amidine groups is 1. The maximum Gasteiger partial charge on any atom is 0.225 e. The molecule has 3 aromatic rings. The molecule has 3 aromatic carbocycles. The lowest BCUT2D eigenvalue weighted by Crippen LogP contribution is -2.46. The van der Waals surface area contributed by atoms with Gasteiger partial charge in [-0.2, -0.15) is 0 Å². The fraction of sp³-hybridized carbons (Fsp3) is 0.130. The molecule has 6 heteroatoms. The van der Waals surface area contributed by atoms with Crippen LogP contribution in [-0.2, 0) is 11.2 Å². The van der Waals surface area contributed by atoms with E-state index in [-0.39, 0.29) is 18.2 Å². The summed E-state index contributed by atoms with van der Waals surface area (Å²) in [6.07, 6.45) is -1.04. The largest absolute Gasteiger partial charge is 0.371 e. The van der Waals surface area contributed by atoms with Crippen LogP contribution in [0.15, 0.2) is 84.9 Å². The summed E-state index contributed by atoms with van der Waals surface area (Å²) >= 11 is 6.10. The average Bonchev–Trinajstić information content (AvgIpc) is 2.73. The van der Waals surface area contributed by atoms with Crippen LogP contribution < -0.4 is 10.6 Å². The Hall–Kier alpha value is -3.15. The molecular weight excluding hydrogens is 386 g/mol. The summed E-state index contributed by atoms with van der Waals surface area (Å²) < 4.78 is 0. The highest BCUT2D eigenvalue weighted by Gasteiger charge is 2.24. The molecule has 0 fully saturated rings. The Morgan fingerprint density at radius 3 is 2.24 bits per heavy atom. The van der Waals surface area contributed by atoms with Crippen molar-refractivity contribution in [2.45, 2.75) is 18.7 Å². The van der Waals surface area contributed by atoms with Gasteiger partial charge in [0.2, 0.25) is 5.91 Å². The van der Waals surface area contributed by atoms with E-state index in [1.807, 2.05) is 48.5 Å². The minimum atomic E-state index is -1.22. The zero-order chi connectivity index (χ0) is 20.6. The highest BCUT2D eigenvalue weighted by atomic mass is 35.5. The van der Waals surface area contributed by atoms with Crippen LogP contribution in [0.3, 0.4) is 0 Å². The maximum absolute atomic E-state index is 12.6. The fourth-order valence-electron chi connectivity index (χ4n) is 2.97. The Bertz CT molecular complexity index is 964. The van der Waals surface area contributed by atoms with Gasteiger partial charge in [-0.1, -0.05) is 84.4 Å². The van der Waals surface area contributed by atoms with Gasteiger partial charge in [0.15, 0.2) is 0 Å². The molecule has 0 aromatic heterocycles. The lowest BCUT2D eigenvalue weighted by Gasteiger charge is -2.26. The van der Waals surface area contributed by atoms with E-state index in [1.54, 1.807) is 36.4 Å². The van der Waals surface area contributed by atoms with Crippen molar-refractivity contribution in [1.29, 1.82) is 5.41 Å². The Kier molecular flexibility index (Phi) is 7.00. The molecule has 0 saturated carbocycles. The van der Waals surface area contributed by atoms with Crippen molar-refractivity contribution in [2.24, 2.45) is 0 Å². The first kappa shape index (κ1) is 20.6. The minimum absolute atomic E-state index is 0.0578. The number of nitrogens with one attached hydrogen (secondary N) is 3. The van der Waals surface area contributed by atoms with Gasteiger partial charge in [0.1, 0.15) is 12.1 Å². The van der Waals surface area contributed by atoms with Crippen LogP contribution in [-0.4, -0.2) is 23.1 Å². The van der Waals surface area contributed by atoms with E-state index in [2.05, 4.69) is 10.6 Å². The molecular formula is C23H22ClN3O2. The number of hydrogen-bond acceptors (Lipinski definition) is 3. The van der Waals surface area contributed by atoms with E-state index < -0.39 is 12.3 Å². The molecule has 0 aliphatic heterocycles. The van der Waals surface area contributed by atoms with Crippen LogP contribution in [0.4, 0.5) is 0 Å². The standard InChI is InChI=1S/C23H22ClN3O2/c24-19-13-7-12-18(15-19)21(26-20(28)14-16-8-3-1-4-9-16)23(29)27-22(25)17-10-5-2-6-11-17/h1-13,15,21,23,29H,14H2,(H2,25,27)(H,26,28). The van der Waals surface area contributed by atoms with Crippen LogP contribution in [0.2, 0.25) is 5.02 Å². The number of amides is 1. The topological polar surface area (TPSA) is 85.2 Å². The second-order valence-electron chi connectivity index (χ2n) is 6.59. The Morgan fingerprint density at radius 2 is 1.59 bits per heavy atom. The lowest BCUT2D eigenvalue weighted by atomic mass is 10.0. The summed E-state index contributed by atoms with van der Waals surface area (Å²) in [7, 11) is 0. The van der Waals surface area contributed by atoms with Crippen LogP contribution in [0.1, 0.15) is 22.7 Å². The van der Waals surface area contributed by atoms with Crippen molar-refractivity contribution in [3.05, 3.63) is 107 Å². The van der Waals surface area contributed by atoms with Crippen molar-refractivity contribution in [3.63, 3.8) is 0 Å². The van der Waals surface area contributed by atoms with Crippen LogP contribution >= 0.6 is 11.6 Å². The van der Waals surface area contributed by atoms with E-state index in [4.69, 9.17) is 17.0 Å². The van der Waals surface area contributed by atoms with Gasteiger partial charge in [-0.3, -0.25) is 10.2 Å². The van der Waals surface area contributed by atoms with E-state index in [9.17, 15) is 9.90 Å². The van der Waals surface area contributed by atoms with Crippen molar-refractivity contribution in [2.75, 3.05) is 0 Å². The number of carbonyl (C=O) groups is 1. The number of halogens is 1. The predicted molar refractivity (Wildman–Crippen MR) is 115 cm³/mol. The molecule has 3 rings (SSSR count). The van der Waals surface area contributed by atoms with Crippen molar-refractivity contribution < 1.29 is 9.90 Å². The molecule has 5 nitrogen and oxygen atoms in total. The molecule has 0 aliphatic rings. The van der Waals surface area contributed by atoms with Gasteiger partial charge in [0, 0.05) is 10.6 Å². The second kappa shape index (κ2) is 9.87. The second-order valence-corrected chi connectivity index (χ2v) is 7.03. The van der Waals surface area contributed by atoms with E-state index in [1.165, 1.54) is 0 Å². The van der Waals surface area contributed by atoms with Crippen LogP contribution in [0.5, 0.6) is 0 Å². The summed E-state index contributed by atoms with van der Waals surface area (Å²) in [6.45, 7) is 0.